The molecule has 36 heavy (non-hydrogen) atoms. The zero-order chi connectivity index (χ0) is 25.9. The average Bonchev–Trinajstić information content (AvgIpc) is 3.52. The Morgan fingerprint density at radius 1 is 1.08 bits per heavy atom. The van der Waals surface area contributed by atoms with Crippen LogP contribution >= 0.6 is 22.7 Å². The normalized spacial score (nSPS) is 12.1. The Labute approximate surface area is 209 Å². The summed E-state index contributed by atoms with van der Waals surface area (Å²) >= 11 is 2.36. The molecule has 186 valence electrons. The standard InChI is InChI=1S/C21H17F3N8O2S2/c1-10(30-17(33)14-7-16(29-9-28-14)32-20-26-4-5-35-20)19-27-8-15(36-19)18(34)31-11-2-3-13(25)12(6-11)21(22,23)24/h2-10H,25H2,1H3,(H,30,33)(H,31,34)(H,26,28,29,32). The highest BCUT2D eigenvalue weighted by Gasteiger charge is 2.33. The number of nitrogen functional groups attached to an aromatic ring is 1. The first kappa shape index (κ1) is 25.0. The van der Waals surface area contributed by atoms with Crippen LogP contribution in [0.25, 0.3) is 0 Å². The van der Waals surface area contributed by atoms with E-state index in [2.05, 4.69) is 35.9 Å². The number of carbonyl (C=O) groups excluding carboxylic acids is 2. The number of rotatable bonds is 7. The molecule has 3 aromatic heterocycles. The number of thiazole rings is 2. The zero-order valence-corrected chi connectivity index (χ0v) is 20.0. The van der Waals surface area contributed by atoms with Gasteiger partial charge in [0.15, 0.2) is 5.13 Å². The average molecular weight is 535 g/mol. The molecule has 0 saturated heterocycles. The molecule has 1 aromatic carbocycles. The number of carbonyl (C=O) groups is 2. The van der Waals surface area contributed by atoms with Crippen LogP contribution < -0.4 is 21.7 Å². The Balaban J connectivity index is 1.40. The predicted octanol–water partition coefficient (Wildman–Crippen LogP) is 4.48. The molecule has 0 aliphatic carbocycles. The Bertz CT molecular complexity index is 1390. The number of aromatic nitrogens is 4. The number of hydrogen-bond donors (Lipinski definition) is 4. The number of benzene rings is 1. The molecular formula is C21H17F3N8O2S2. The molecule has 4 rings (SSSR count). The van der Waals surface area contributed by atoms with E-state index in [1.54, 1.807) is 18.5 Å². The van der Waals surface area contributed by atoms with Gasteiger partial charge in [-0.15, -0.1) is 22.7 Å². The SMILES string of the molecule is CC(NC(=O)c1cc(Nc2nccs2)ncn1)c1ncc(C(=O)Nc2ccc(N)c(C(F)(F)F)c2)s1. The van der Waals surface area contributed by atoms with Gasteiger partial charge >= 0.3 is 6.18 Å². The lowest BCUT2D eigenvalue weighted by Crippen LogP contribution is -2.27. The van der Waals surface area contributed by atoms with Gasteiger partial charge in [-0.1, -0.05) is 0 Å². The first-order chi connectivity index (χ1) is 17.1. The van der Waals surface area contributed by atoms with Gasteiger partial charge in [0.1, 0.15) is 27.7 Å². The van der Waals surface area contributed by atoms with Crippen LogP contribution in [0.5, 0.6) is 0 Å². The van der Waals surface area contributed by atoms with E-state index in [0.717, 1.165) is 23.5 Å². The Kier molecular flexibility index (Phi) is 7.12. The number of nitrogens with two attached hydrogens (primary N) is 1. The Morgan fingerprint density at radius 3 is 2.61 bits per heavy atom. The quantitative estimate of drug-likeness (QED) is 0.254. The zero-order valence-electron chi connectivity index (χ0n) is 18.3. The molecule has 0 saturated carbocycles. The predicted molar refractivity (Wildman–Crippen MR) is 129 cm³/mol. The fraction of sp³-hybridized carbons (Fsp3) is 0.143. The highest BCUT2D eigenvalue weighted by Crippen LogP contribution is 2.35. The van der Waals surface area contributed by atoms with Crippen molar-refractivity contribution < 1.29 is 22.8 Å². The second-order valence-corrected chi connectivity index (χ2v) is 9.22. The van der Waals surface area contributed by atoms with Crippen molar-refractivity contribution in [1.82, 2.24) is 25.3 Å². The van der Waals surface area contributed by atoms with Crippen molar-refractivity contribution in [2.24, 2.45) is 0 Å². The first-order valence-corrected chi connectivity index (χ1v) is 11.8. The molecule has 0 aliphatic rings. The van der Waals surface area contributed by atoms with Gasteiger partial charge in [-0.3, -0.25) is 9.59 Å². The summed E-state index contributed by atoms with van der Waals surface area (Å²) in [6.45, 7) is 1.67. The van der Waals surface area contributed by atoms with Crippen LogP contribution in [0, 0.1) is 0 Å². The Morgan fingerprint density at radius 2 is 1.89 bits per heavy atom. The molecular weight excluding hydrogens is 517 g/mol. The maximum Gasteiger partial charge on any atom is 0.418 e. The minimum absolute atomic E-state index is 0.0660. The number of anilines is 4. The summed E-state index contributed by atoms with van der Waals surface area (Å²) in [5, 5.41) is 10.9. The van der Waals surface area contributed by atoms with Gasteiger partial charge in [-0.05, 0) is 25.1 Å². The largest absolute Gasteiger partial charge is 0.418 e. The molecule has 10 nitrogen and oxygen atoms in total. The highest BCUT2D eigenvalue weighted by molar-refractivity contribution is 7.14. The van der Waals surface area contributed by atoms with E-state index in [9.17, 15) is 22.8 Å². The summed E-state index contributed by atoms with van der Waals surface area (Å²) in [6, 6.07) is 3.98. The second-order valence-electron chi connectivity index (χ2n) is 7.26. The number of nitrogens with zero attached hydrogens (tertiary/aromatic N) is 4. The van der Waals surface area contributed by atoms with E-state index in [4.69, 9.17) is 5.73 Å². The van der Waals surface area contributed by atoms with E-state index in [0.29, 0.717) is 16.0 Å². The van der Waals surface area contributed by atoms with Gasteiger partial charge < -0.3 is 21.7 Å². The maximum absolute atomic E-state index is 13.1. The van der Waals surface area contributed by atoms with Gasteiger partial charge in [0, 0.05) is 29.0 Å². The summed E-state index contributed by atoms with van der Waals surface area (Å²) in [7, 11) is 0. The van der Waals surface area contributed by atoms with Crippen LogP contribution in [0.1, 0.15) is 43.7 Å². The summed E-state index contributed by atoms with van der Waals surface area (Å²) < 4.78 is 39.2. The van der Waals surface area contributed by atoms with Crippen molar-refractivity contribution in [3.63, 3.8) is 0 Å². The van der Waals surface area contributed by atoms with Crippen molar-refractivity contribution >= 4 is 56.8 Å². The van der Waals surface area contributed by atoms with Gasteiger partial charge in [-0.2, -0.15) is 13.2 Å². The van der Waals surface area contributed by atoms with Crippen molar-refractivity contribution in [1.29, 1.82) is 0 Å². The molecule has 0 fully saturated rings. The molecule has 1 unspecified atom stereocenters. The minimum atomic E-state index is -4.66. The molecule has 4 aromatic rings. The first-order valence-electron chi connectivity index (χ1n) is 10.1. The lowest BCUT2D eigenvalue weighted by atomic mass is 10.1. The van der Waals surface area contributed by atoms with Crippen LogP contribution in [-0.4, -0.2) is 31.8 Å². The van der Waals surface area contributed by atoms with E-state index < -0.39 is 35.3 Å². The van der Waals surface area contributed by atoms with Crippen LogP contribution in [-0.2, 0) is 6.18 Å². The molecule has 0 spiro atoms. The molecule has 0 aliphatic heterocycles. The lowest BCUT2D eigenvalue weighted by molar-refractivity contribution is -0.136. The molecule has 3 heterocycles. The maximum atomic E-state index is 13.1. The summed E-state index contributed by atoms with van der Waals surface area (Å²) in [6.07, 6.45) is -0.511. The molecule has 0 bridgehead atoms. The monoisotopic (exact) mass is 534 g/mol. The van der Waals surface area contributed by atoms with E-state index in [-0.39, 0.29) is 16.3 Å². The van der Waals surface area contributed by atoms with Gasteiger partial charge in [0.25, 0.3) is 11.8 Å². The van der Waals surface area contributed by atoms with Gasteiger partial charge in [0.05, 0.1) is 17.8 Å². The number of amides is 2. The molecule has 5 N–H and O–H groups in total. The van der Waals surface area contributed by atoms with E-state index in [1.165, 1.54) is 36.0 Å². The minimum Gasteiger partial charge on any atom is -0.398 e. The van der Waals surface area contributed by atoms with Crippen molar-refractivity contribution in [2.75, 3.05) is 16.4 Å². The fourth-order valence-electron chi connectivity index (χ4n) is 2.94. The number of nitrogens with one attached hydrogen (secondary N) is 3. The van der Waals surface area contributed by atoms with Crippen molar-refractivity contribution in [3.8, 4) is 0 Å². The van der Waals surface area contributed by atoms with Gasteiger partial charge in [0.2, 0.25) is 0 Å². The van der Waals surface area contributed by atoms with Crippen LogP contribution in [0.15, 0.2) is 48.4 Å². The number of hydrogen-bond acceptors (Lipinski definition) is 10. The third-order valence-electron chi connectivity index (χ3n) is 4.65. The fourth-order valence-corrected chi connectivity index (χ4v) is 4.29. The van der Waals surface area contributed by atoms with E-state index >= 15 is 0 Å². The van der Waals surface area contributed by atoms with Crippen molar-refractivity contribution in [3.05, 3.63) is 69.5 Å². The second kappa shape index (κ2) is 10.2. The Hall–Kier alpha value is -4.11. The summed E-state index contributed by atoms with van der Waals surface area (Å²) in [5.74, 6) is -0.749. The van der Waals surface area contributed by atoms with E-state index in [1.807, 2.05) is 0 Å². The summed E-state index contributed by atoms with van der Waals surface area (Å²) in [5.41, 5.74) is 3.94. The lowest BCUT2D eigenvalue weighted by Gasteiger charge is -2.12. The molecule has 2 amide bonds. The molecule has 15 heteroatoms. The topological polar surface area (TPSA) is 148 Å². The van der Waals surface area contributed by atoms with Gasteiger partial charge in [-0.25, -0.2) is 19.9 Å². The third-order valence-corrected chi connectivity index (χ3v) is 6.52. The van der Waals surface area contributed by atoms with Crippen LogP contribution in [0.4, 0.5) is 35.5 Å². The molecule has 0 radical (unpaired) electrons. The smallest absolute Gasteiger partial charge is 0.398 e. The number of alkyl halides is 3. The summed E-state index contributed by atoms with van der Waals surface area (Å²) in [4.78, 5) is 41.6. The number of halogens is 3. The highest BCUT2D eigenvalue weighted by atomic mass is 32.1. The van der Waals surface area contributed by atoms with Crippen molar-refractivity contribution in [2.45, 2.75) is 19.1 Å². The van der Waals surface area contributed by atoms with Crippen LogP contribution in [0.2, 0.25) is 0 Å². The van der Waals surface area contributed by atoms with Crippen LogP contribution in [0.3, 0.4) is 0 Å². The molecule has 1 atom stereocenters. The third kappa shape index (κ3) is 5.92.